The number of nitrogens with one attached hydrogen (secondary N) is 2. The number of carbonyl (C=O) groups is 1. The smallest absolute Gasteiger partial charge is 0.401 e. The molecule has 59 heavy (non-hydrogen) atoms. The second-order valence-corrected chi connectivity index (χ2v) is 13.2. The number of allylic oxidation sites excluding steroid dienone is 5. The van der Waals surface area contributed by atoms with Crippen LogP contribution in [0.3, 0.4) is 0 Å². The Hall–Kier alpha value is -3.07. The number of anilines is 2. The number of unbranched alkanes of at least 4 members (excludes halogenated alkanes) is 3. The summed E-state index contributed by atoms with van der Waals surface area (Å²) in [5.41, 5.74) is 8.87. The number of rotatable bonds is 19. The number of hydrogen-bond acceptors (Lipinski definition) is 7. The molecule has 0 saturated carbocycles. The highest BCUT2D eigenvalue weighted by Gasteiger charge is 2.45. The van der Waals surface area contributed by atoms with Gasteiger partial charge >= 0.3 is 12.4 Å². The van der Waals surface area contributed by atoms with Crippen LogP contribution in [0.1, 0.15) is 133 Å². The predicted octanol–water partition coefficient (Wildman–Crippen LogP) is 11.6. The quantitative estimate of drug-likeness (QED) is 0.0534. The van der Waals surface area contributed by atoms with Gasteiger partial charge in [0, 0.05) is 25.3 Å². The largest absolute Gasteiger partial charge is 0.418 e. The molecule has 0 aromatic heterocycles. The maximum Gasteiger partial charge on any atom is 0.418 e. The van der Waals surface area contributed by atoms with Gasteiger partial charge in [0.2, 0.25) is 6.41 Å². The standard InChI is InChI=1S/C15H24N2O.C12H28N2O.C10H9F6N.C3H8.2C2H6.CH5N/c1-4-8-13(9-5-2)17(3)15-11-7-6-10-14(15)16-12-18;1-3-4-5-6-10-14(2)11-7-8-13-9-12-15;1-5-2-3-6(9(11,12)13)8(17)7(4-5)10(14,15)16;1-3-2;3*1-2/h6-7,10-13H,4-5,8-9H2,1-3H3,(H,16,18);13,15H,3-12H2,1-2H3;2-4,6H,17H2,1H3;3H2,1-2H3;2*1-2H3;2H2,1H3. The van der Waals surface area contributed by atoms with Crippen molar-refractivity contribution in [2.24, 2.45) is 17.4 Å². The van der Waals surface area contributed by atoms with Crippen molar-refractivity contribution in [3.05, 3.63) is 59.3 Å². The van der Waals surface area contributed by atoms with E-state index < -0.39 is 29.5 Å². The molecule has 0 fully saturated rings. The van der Waals surface area contributed by atoms with Crippen LogP contribution in [0, 0.1) is 5.92 Å². The van der Waals surface area contributed by atoms with Gasteiger partial charge in [0.05, 0.1) is 23.6 Å². The van der Waals surface area contributed by atoms with Gasteiger partial charge in [0.1, 0.15) is 5.92 Å². The first-order chi connectivity index (χ1) is 28.0. The second kappa shape index (κ2) is 43.0. The van der Waals surface area contributed by atoms with E-state index in [-0.39, 0.29) is 12.2 Å². The van der Waals surface area contributed by atoms with E-state index >= 15 is 0 Å². The summed E-state index contributed by atoms with van der Waals surface area (Å²) < 4.78 is 75.1. The minimum absolute atomic E-state index is 0.0621. The summed E-state index contributed by atoms with van der Waals surface area (Å²) in [6.45, 7) is 24.6. The number of nitrogens with zero attached hydrogens (tertiary/aromatic N) is 2. The Kier molecular flexibility index (Phi) is 47.5. The zero-order valence-electron chi connectivity index (χ0n) is 39.1. The van der Waals surface area contributed by atoms with Gasteiger partial charge in [0.25, 0.3) is 0 Å². The van der Waals surface area contributed by atoms with Gasteiger partial charge in [-0.25, -0.2) is 0 Å². The highest BCUT2D eigenvalue weighted by molar-refractivity contribution is 5.81. The van der Waals surface area contributed by atoms with Crippen LogP contribution in [0.15, 0.2) is 59.3 Å². The summed E-state index contributed by atoms with van der Waals surface area (Å²) >= 11 is 0. The first kappa shape index (κ1) is 65.1. The fraction of sp³-hybridized carbons (Fsp3) is 0.711. The van der Waals surface area contributed by atoms with Crippen molar-refractivity contribution in [1.82, 2.24) is 10.2 Å². The van der Waals surface area contributed by atoms with Gasteiger partial charge in [-0.2, -0.15) is 26.3 Å². The lowest BCUT2D eigenvalue weighted by molar-refractivity contribution is -0.153. The summed E-state index contributed by atoms with van der Waals surface area (Å²) in [5, 5.41) is 14.5. The minimum Gasteiger partial charge on any atom is -0.401 e. The summed E-state index contributed by atoms with van der Waals surface area (Å²) in [7, 11) is 5.80. The Labute approximate surface area is 356 Å². The minimum atomic E-state index is -4.90. The Morgan fingerprint density at radius 1 is 0.831 bits per heavy atom. The molecule has 1 aliphatic rings. The number of aliphatic hydroxyl groups is 1. The van der Waals surface area contributed by atoms with Crippen molar-refractivity contribution in [3.8, 4) is 0 Å². The third-order valence-electron chi connectivity index (χ3n) is 8.09. The van der Waals surface area contributed by atoms with E-state index in [1.807, 2.05) is 45.9 Å². The molecule has 350 valence electrons. The fourth-order valence-electron chi connectivity index (χ4n) is 5.37. The van der Waals surface area contributed by atoms with E-state index in [4.69, 9.17) is 10.8 Å². The van der Waals surface area contributed by atoms with E-state index in [0.717, 1.165) is 43.5 Å². The normalized spacial score (nSPS) is 13.1. The van der Waals surface area contributed by atoms with Crippen LogP contribution in [0.25, 0.3) is 0 Å². The summed E-state index contributed by atoms with van der Waals surface area (Å²) in [6.07, 6.45) is 5.72. The van der Waals surface area contributed by atoms with Crippen molar-refractivity contribution >= 4 is 17.8 Å². The molecule has 1 aromatic rings. The average molecular weight is 857 g/mol. The molecule has 1 atom stereocenters. The molecular formula is C45H86F6N6O2. The van der Waals surface area contributed by atoms with Gasteiger partial charge in [-0.1, -0.05) is 131 Å². The van der Waals surface area contributed by atoms with Crippen molar-refractivity contribution in [1.29, 1.82) is 0 Å². The Morgan fingerprint density at radius 2 is 1.36 bits per heavy atom. The zero-order chi connectivity index (χ0) is 46.9. The molecule has 1 unspecified atom stereocenters. The molecular weight excluding hydrogens is 771 g/mol. The number of nitrogens with two attached hydrogens (primary N) is 2. The first-order valence-corrected chi connectivity index (χ1v) is 21.6. The van der Waals surface area contributed by atoms with Crippen LogP contribution in [-0.4, -0.2) is 88.7 Å². The van der Waals surface area contributed by atoms with Crippen molar-refractivity contribution < 1.29 is 36.2 Å². The molecule has 0 aliphatic heterocycles. The molecule has 1 aliphatic carbocycles. The van der Waals surface area contributed by atoms with Gasteiger partial charge in [-0.3, -0.25) is 4.79 Å². The van der Waals surface area contributed by atoms with Gasteiger partial charge in [-0.05, 0) is 84.5 Å². The number of amides is 1. The fourth-order valence-corrected chi connectivity index (χ4v) is 5.37. The number of carbonyl (C=O) groups excluding carboxylic acids is 1. The first-order valence-electron chi connectivity index (χ1n) is 21.6. The molecule has 1 aromatic carbocycles. The number of halogens is 6. The lowest BCUT2D eigenvalue weighted by atomic mass is 10.0. The van der Waals surface area contributed by atoms with Gasteiger partial charge in [-0.15, -0.1) is 0 Å². The van der Waals surface area contributed by atoms with E-state index in [9.17, 15) is 31.1 Å². The van der Waals surface area contributed by atoms with Crippen LogP contribution in [0.2, 0.25) is 0 Å². The Balaban J connectivity index is -0.000000225. The molecule has 0 saturated heterocycles. The summed E-state index contributed by atoms with van der Waals surface area (Å²) in [6, 6.07) is 8.49. The van der Waals surface area contributed by atoms with E-state index in [2.05, 4.69) is 80.9 Å². The maximum absolute atomic E-state index is 12.5. The molecule has 14 heteroatoms. The van der Waals surface area contributed by atoms with Crippen molar-refractivity contribution in [2.45, 2.75) is 152 Å². The lowest BCUT2D eigenvalue weighted by Gasteiger charge is -2.31. The van der Waals surface area contributed by atoms with Crippen molar-refractivity contribution in [3.63, 3.8) is 0 Å². The molecule has 0 spiro atoms. The number of benzene rings is 1. The summed E-state index contributed by atoms with van der Waals surface area (Å²) in [5.74, 6) is -2.41. The third kappa shape index (κ3) is 34.4. The number of para-hydroxylation sites is 2. The predicted molar refractivity (Wildman–Crippen MR) is 243 cm³/mol. The molecule has 8 nitrogen and oxygen atoms in total. The molecule has 1 amide bonds. The number of hydrogen-bond donors (Lipinski definition) is 5. The Morgan fingerprint density at radius 3 is 1.81 bits per heavy atom. The van der Waals surface area contributed by atoms with Gasteiger partial charge in [0.15, 0.2) is 0 Å². The second-order valence-electron chi connectivity index (χ2n) is 13.2. The third-order valence-corrected chi connectivity index (χ3v) is 8.09. The van der Waals surface area contributed by atoms with Crippen LogP contribution < -0.4 is 27.0 Å². The van der Waals surface area contributed by atoms with Gasteiger partial charge < -0.3 is 37.0 Å². The van der Waals surface area contributed by atoms with E-state index in [1.165, 1.54) is 84.7 Å². The van der Waals surface area contributed by atoms with E-state index in [0.29, 0.717) is 18.2 Å². The highest BCUT2D eigenvalue weighted by Crippen LogP contribution is 2.39. The molecule has 2 rings (SSSR count). The van der Waals surface area contributed by atoms with Crippen LogP contribution in [-0.2, 0) is 4.79 Å². The average Bonchev–Trinajstić information content (AvgIpc) is 3.37. The number of alkyl halides is 6. The van der Waals surface area contributed by atoms with Crippen molar-refractivity contribution in [2.75, 3.05) is 64.1 Å². The molecule has 0 heterocycles. The highest BCUT2D eigenvalue weighted by atomic mass is 19.4. The van der Waals surface area contributed by atoms with E-state index in [1.54, 1.807) is 0 Å². The SMILES string of the molecule is CC.CC.CC1=CC(C(F)(F)F)=C(N)C(C(F)(F)F)C=C1.CCC.CCCC(CCC)N(C)c1ccccc1NC=O.CCCCCCN(C)CCCNCCO.CN. The molecule has 7 N–H and O–H groups in total. The Bertz CT molecular complexity index is 1170. The zero-order valence-corrected chi connectivity index (χ0v) is 39.1. The topological polar surface area (TPSA) is 120 Å². The maximum atomic E-state index is 12.5. The molecule has 0 bridgehead atoms. The monoisotopic (exact) mass is 857 g/mol. The number of aliphatic hydroxyl groups excluding tert-OH is 1. The summed E-state index contributed by atoms with van der Waals surface area (Å²) in [4.78, 5) is 15.3. The van der Waals surface area contributed by atoms with Crippen LogP contribution >= 0.6 is 0 Å². The lowest BCUT2D eigenvalue weighted by Crippen LogP contribution is -2.32. The van der Waals surface area contributed by atoms with Crippen LogP contribution in [0.4, 0.5) is 37.7 Å². The molecule has 0 radical (unpaired) electrons. The van der Waals surface area contributed by atoms with Crippen LogP contribution in [0.5, 0.6) is 0 Å².